The van der Waals surface area contributed by atoms with Gasteiger partial charge in [-0.15, -0.1) is 0 Å². The van der Waals surface area contributed by atoms with Crippen LogP contribution in [0.3, 0.4) is 0 Å². The number of rotatable bonds is 7. The van der Waals surface area contributed by atoms with E-state index in [9.17, 15) is 4.79 Å². The average molecular weight is 284 g/mol. The lowest BCUT2D eigenvalue weighted by Gasteiger charge is -2.31. The summed E-state index contributed by atoms with van der Waals surface area (Å²) in [6, 6.07) is 0. The third kappa shape index (κ3) is 4.27. The maximum Gasteiger partial charge on any atom is 0.313 e. The van der Waals surface area contributed by atoms with Gasteiger partial charge in [0.15, 0.2) is 5.16 Å². The SMILES string of the molecule is CCc1cnc(SCC(=O)O)n1CC(C)(C)C(C)C. The number of carboxylic acid groups (broad SMARTS) is 1. The van der Waals surface area contributed by atoms with Crippen LogP contribution in [-0.2, 0) is 17.8 Å². The molecule has 5 heteroatoms. The first-order valence-corrected chi connectivity index (χ1v) is 7.65. The second-order valence-corrected chi connectivity index (χ2v) is 6.74. The second kappa shape index (κ2) is 6.46. The number of hydrogen-bond acceptors (Lipinski definition) is 3. The van der Waals surface area contributed by atoms with Crippen molar-refractivity contribution < 1.29 is 9.90 Å². The van der Waals surface area contributed by atoms with Crippen molar-refractivity contribution in [3.05, 3.63) is 11.9 Å². The van der Waals surface area contributed by atoms with E-state index >= 15 is 0 Å². The van der Waals surface area contributed by atoms with Crippen LogP contribution in [0.25, 0.3) is 0 Å². The lowest BCUT2D eigenvalue weighted by atomic mass is 9.81. The molecular formula is C14H24N2O2S. The van der Waals surface area contributed by atoms with Gasteiger partial charge in [0.05, 0.1) is 5.75 Å². The van der Waals surface area contributed by atoms with Gasteiger partial charge in [0.2, 0.25) is 0 Å². The Kier molecular flexibility index (Phi) is 5.47. The van der Waals surface area contributed by atoms with E-state index in [0.717, 1.165) is 18.1 Å². The van der Waals surface area contributed by atoms with Crippen LogP contribution in [0.15, 0.2) is 11.4 Å². The number of aromatic nitrogens is 2. The largest absolute Gasteiger partial charge is 0.481 e. The quantitative estimate of drug-likeness (QED) is 0.781. The normalized spacial score (nSPS) is 12.1. The summed E-state index contributed by atoms with van der Waals surface area (Å²) in [5.74, 6) is -0.194. The van der Waals surface area contributed by atoms with Gasteiger partial charge >= 0.3 is 5.97 Å². The van der Waals surface area contributed by atoms with E-state index in [0.29, 0.717) is 5.92 Å². The molecule has 0 aliphatic rings. The summed E-state index contributed by atoms with van der Waals surface area (Å²) >= 11 is 1.30. The van der Waals surface area contributed by atoms with Crippen molar-refractivity contribution in [1.29, 1.82) is 0 Å². The molecule has 1 heterocycles. The lowest BCUT2D eigenvalue weighted by molar-refractivity contribution is -0.133. The molecule has 0 saturated carbocycles. The van der Waals surface area contributed by atoms with Crippen LogP contribution in [0.1, 0.15) is 40.3 Å². The molecule has 1 aromatic heterocycles. The molecule has 0 spiro atoms. The van der Waals surface area contributed by atoms with E-state index in [1.807, 2.05) is 6.20 Å². The van der Waals surface area contributed by atoms with E-state index in [1.54, 1.807) is 0 Å². The zero-order valence-electron chi connectivity index (χ0n) is 12.4. The first-order chi connectivity index (χ1) is 8.77. The highest BCUT2D eigenvalue weighted by Gasteiger charge is 2.25. The van der Waals surface area contributed by atoms with Crippen molar-refractivity contribution in [2.45, 2.75) is 52.7 Å². The Balaban J connectivity index is 2.96. The van der Waals surface area contributed by atoms with Crippen molar-refractivity contribution in [1.82, 2.24) is 9.55 Å². The van der Waals surface area contributed by atoms with Crippen molar-refractivity contribution in [3.8, 4) is 0 Å². The summed E-state index contributed by atoms with van der Waals surface area (Å²) in [6.45, 7) is 11.9. The molecule has 0 amide bonds. The van der Waals surface area contributed by atoms with E-state index in [4.69, 9.17) is 5.11 Å². The Bertz CT molecular complexity index is 439. The van der Waals surface area contributed by atoms with Crippen LogP contribution < -0.4 is 0 Å². The van der Waals surface area contributed by atoms with Gasteiger partial charge < -0.3 is 9.67 Å². The number of carbonyl (C=O) groups is 1. The second-order valence-electron chi connectivity index (χ2n) is 5.80. The van der Waals surface area contributed by atoms with Gasteiger partial charge in [-0.1, -0.05) is 46.4 Å². The van der Waals surface area contributed by atoms with Crippen LogP contribution in [0, 0.1) is 11.3 Å². The first kappa shape index (κ1) is 16.1. The minimum absolute atomic E-state index is 0.0578. The highest BCUT2D eigenvalue weighted by Crippen LogP contribution is 2.31. The van der Waals surface area contributed by atoms with Crippen molar-refractivity contribution in [2.24, 2.45) is 11.3 Å². The summed E-state index contributed by atoms with van der Waals surface area (Å²) in [7, 11) is 0. The summed E-state index contributed by atoms with van der Waals surface area (Å²) in [5.41, 5.74) is 1.32. The molecule has 0 atom stereocenters. The molecule has 1 rings (SSSR count). The van der Waals surface area contributed by atoms with Crippen LogP contribution in [-0.4, -0.2) is 26.4 Å². The lowest BCUT2D eigenvalue weighted by Crippen LogP contribution is -2.27. The molecule has 0 fully saturated rings. The third-order valence-corrected chi connectivity index (χ3v) is 4.69. The van der Waals surface area contributed by atoms with Crippen molar-refractivity contribution in [3.63, 3.8) is 0 Å². The topological polar surface area (TPSA) is 55.1 Å². The van der Waals surface area contributed by atoms with Crippen LogP contribution in [0.4, 0.5) is 0 Å². The average Bonchev–Trinajstić information content (AvgIpc) is 2.67. The predicted molar refractivity (Wildman–Crippen MR) is 78.6 cm³/mol. The van der Waals surface area contributed by atoms with Gasteiger partial charge in [0.25, 0.3) is 0 Å². The fraction of sp³-hybridized carbons (Fsp3) is 0.714. The molecule has 0 unspecified atom stereocenters. The zero-order valence-corrected chi connectivity index (χ0v) is 13.3. The van der Waals surface area contributed by atoms with Gasteiger partial charge in [0, 0.05) is 18.4 Å². The number of aliphatic carboxylic acids is 1. The smallest absolute Gasteiger partial charge is 0.313 e. The van der Waals surface area contributed by atoms with Gasteiger partial charge in [0.1, 0.15) is 0 Å². The Morgan fingerprint density at radius 2 is 2.16 bits per heavy atom. The maximum absolute atomic E-state index is 10.7. The molecule has 1 N–H and O–H groups in total. The summed E-state index contributed by atoms with van der Waals surface area (Å²) in [6.07, 6.45) is 2.77. The first-order valence-electron chi connectivity index (χ1n) is 6.67. The van der Waals surface area contributed by atoms with Crippen LogP contribution in [0.5, 0.6) is 0 Å². The molecule has 0 aliphatic carbocycles. The molecule has 0 radical (unpaired) electrons. The van der Waals surface area contributed by atoms with Crippen LogP contribution in [0.2, 0.25) is 0 Å². The summed E-state index contributed by atoms with van der Waals surface area (Å²) in [5, 5.41) is 9.61. The number of aryl methyl sites for hydroxylation is 1. The van der Waals surface area contributed by atoms with E-state index < -0.39 is 5.97 Å². The number of thioether (sulfide) groups is 1. The maximum atomic E-state index is 10.7. The zero-order chi connectivity index (χ0) is 14.6. The monoisotopic (exact) mass is 284 g/mol. The number of imidazole rings is 1. The standard InChI is InChI=1S/C14H24N2O2S/c1-6-11-7-15-13(19-8-12(17)18)16(11)9-14(4,5)10(2)3/h7,10H,6,8-9H2,1-5H3,(H,17,18). The van der Waals surface area contributed by atoms with E-state index in [-0.39, 0.29) is 11.2 Å². The Labute approximate surface area is 119 Å². The molecule has 19 heavy (non-hydrogen) atoms. The molecule has 0 aromatic carbocycles. The molecular weight excluding hydrogens is 260 g/mol. The Hall–Kier alpha value is -0.970. The highest BCUT2D eigenvalue weighted by atomic mass is 32.2. The van der Waals surface area contributed by atoms with Crippen molar-refractivity contribution >= 4 is 17.7 Å². The molecule has 0 saturated heterocycles. The number of nitrogens with zero attached hydrogens (tertiary/aromatic N) is 2. The number of hydrogen-bond donors (Lipinski definition) is 1. The summed E-state index contributed by atoms with van der Waals surface area (Å²) < 4.78 is 2.17. The fourth-order valence-corrected chi connectivity index (χ4v) is 2.39. The van der Waals surface area contributed by atoms with E-state index in [2.05, 4.69) is 44.2 Å². The van der Waals surface area contributed by atoms with Gasteiger partial charge in [-0.3, -0.25) is 4.79 Å². The predicted octanol–water partition coefficient (Wildman–Crippen LogP) is 3.30. The Morgan fingerprint density at radius 1 is 1.53 bits per heavy atom. The fourth-order valence-electron chi connectivity index (χ4n) is 1.67. The van der Waals surface area contributed by atoms with Gasteiger partial charge in [-0.25, -0.2) is 4.98 Å². The molecule has 0 aliphatic heterocycles. The van der Waals surface area contributed by atoms with Crippen molar-refractivity contribution in [2.75, 3.05) is 5.75 Å². The molecule has 4 nitrogen and oxygen atoms in total. The minimum atomic E-state index is -0.805. The van der Waals surface area contributed by atoms with Crippen LogP contribution >= 0.6 is 11.8 Å². The number of carboxylic acids is 1. The molecule has 108 valence electrons. The third-order valence-electron chi connectivity index (χ3n) is 3.72. The molecule has 0 bridgehead atoms. The summed E-state index contributed by atoms with van der Waals surface area (Å²) in [4.78, 5) is 15.1. The highest BCUT2D eigenvalue weighted by molar-refractivity contribution is 7.99. The Morgan fingerprint density at radius 3 is 2.63 bits per heavy atom. The van der Waals surface area contributed by atoms with Gasteiger partial charge in [-0.2, -0.15) is 0 Å². The van der Waals surface area contributed by atoms with Gasteiger partial charge in [-0.05, 0) is 17.8 Å². The van der Waals surface area contributed by atoms with E-state index in [1.165, 1.54) is 17.5 Å². The minimum Gasteiger partial charge on any atom is -0.481 e. The molecule has 1 aromatic rings.